The van der Waals surface area contributed by atoms with Crippen LogP contribution >= 0.6 is 0 Å². The van der Waals surface area contributed by atoms with Crippen LogP contribution in [0.15, 0.2) is 28.9 Å². The number of methoxy groups -OCH3 is 1. The number of rotatable bonds is 2. The Morgan fingerprint density at radius 3 is 3.11 bits per heavy atom. The van der Waals surface area contributed by atoms with Crippen LogP contribution in [0.4, 0.5) is 0 Å². The van der Waals surface area contributed by atoms with E-state index < -0.39 is 0 Å². The first kappa shape index (κ1) is 11.6. The van der Waals surface area contributed by atoms with Crippen molar-refractivity contribution >= 4 is 11.0 Å². The summed E-state index contributed by atoms with van der Waals surface area (Å²) in [5.41, 5.74) is 2.08. The minimum atomic E-state index is 0.368. The fourth-order valence-electron chi connectivity index (χ4n) is 2.62. The van der Waals surface area contributed by atoms with Crippen LogP contribution in [0.2, 0.25) is 0 Å². The maximum atomic E-state index is 5.69. The smallest absolute Gasteiger partial charge is 0.176 e. The van der Waals surface area contributed by atoms with Gasteiger partial charge in [-0.15, -0.1) is 0 Å². The third-order valence-corrected chi connectivity index (χ3v) is 3.68. The molecule has 1 atom stereocenters. The van der Waals surface area contributed by atoms with Crippen LogP contribution < -0.4 is 10.1 Å². The van der Waals surface area contributed by atoms with E-state index in [1.807, 2.05) is 18.4 Å². The van der Waals surface area contributed by atoms with Crippen LogP contribution in [0.3, 0.4) is 0 Å². The van der Waals surface area contributed by atoms with Gasteiger partial charge in [0.05, 0.1) is 19.4 Å². The number of fused-ring (bicyclic) bond motifs is 1. The van der Waals surface area contributed by atoms with Crippen molar-refractivity contribution in [2.75, 3.05) is 33.8 Å². The highest BCUT2D eigenvalue weighted by Crippen LogP contribution is 2.34. The van der Waals surface area contributed by atoms with Crippen LogP contribution in [0, 0.1) is 0 Å². The highest BCUT2D eigenvalue weighted by atomic mass is 16.5. The van der Waals surface area contributed by atoms with Crippen LogP contribution in [0.1, 0.15) is 11.6 Å². The SMILES string of the molecule is COc1cccc2c(C3CNCCN3C)coc12. The Morgan fingerprint density at radius 2 is 2.33 bits per heavy atom. The van der Waals surface area contributed by atoms with Gasteiger partial charge < -0.3 is 14.5 Å². The van der Waals surface area contributed by atoms with E-state index in [4.69, 9.17) is 9.15 Å². The summed E-state index contributed by atoms with van der Waals surface area (Å²) in [6.07, 6.45) is 1.86. The number of ether oxygens (including phenoxy) is 1. The second-order valence-electron chi connectivity index (χ2n) is 4.73. The summed E-state index contributed by atoms with van der Waals surface area (Å²) in [6.45, 7) is 3.07. The van der Waals surface area contributed by atoms with E-state index in [1.54, 1.807) is 7.11 Å². The summed E-state index contributed by atoms with van der Waals surface area (Å²) >= 11 is 0. The third kappa shape index (κ3) is 1.78. The van der Waals surface area contributed by atoms with E-state index in [9.17, 15) is 0 Å². The number of benzene rings is 1. The standard InChI is InChI=1S/C14H18N2O2/c1-16-7-6-15-8-12(16)11-9-18-14-10(11)4-3-5-13(14)17-2/h3-5,9,12,15H,6-8H2,1-2H3. The lowest BCUT2D eigenvalue weighted by Gasteiger charge is -2.32. The molecular formula is C14H18N2O2. The van der Waals surface area contributed by atoms with Crippen molar-refractivity contribution in [3.8, 4) is 5.75 Å². The number of nitrogens with zero attached hydrogens (tertiary/aromatic N) is 1. The Balaban J connectivity index is 2.07. The lowest BCUT2D eigenvalue weighted by molar-refractivity contribution is 0.202. The molecule has 96 valence electrons. The minimum absolute atomic E-state index is 0.368. The maximum Gasteiger partial charge on any atom is 0.176 e. The largest absolute Gasteiger partial charge is 0.493 e. The summed E-state index contributed by atoms with van der Waals surface area (Å²) in [6, 6.07) is 6.40. The van der Waals surface area contributed by atoms with E-state index in [0.717, 1.165) is 36.4 Å². The zero-order valence-electron chi connectivity index (χ0n) is 10.8. The van der Waals surface area contributed by atoms with E-state index in [-0.39, 0.29) is 0 Å². The van der Waals surface area contributed by atoms with Gasteiger partial charge >= 0.3 is 0 Å². The molecular weight excluding hydrogens is 228 g/mol. The van der Waals surface area contributed by atoms with Crippen LogP contribution in [0.25, 0.3) is 11.0 Å². The molecule has 4 heteroatoms. The van der Waals surface area contributed by atoms with E-state index in [1.165, 1.54) is 5.56 Å². The summed E-state index contributed by atoms with van der Waals surface area (Å²) in [5, 5.41) is 4.58. The molecule has 1 aliphatic rings. The topological polar surface area (TPSA) is 37.6 Å². The molecule has 1 fully saturated rings. The zero-order valence-corrected chi connectivity index (χ0v) is 10.8. The van der Waals surface area contributed by atoms with Gasteiger partial charge in [0, 0.05) is 30.6 Å². The molecule has 1 aromatic carbocycles. The van der Waals surface area contributed by atoms with E-state index in [0.29, 0.717) is 6.04 Å². The molecule has 0 radical (unpaired) electrons. The number of piperazine rings is 1. The molecule has 1 saturated heterocycles. The molecule has 2 aromatic rings. The van der Waals surface area contributed by atoms with Gasteiger partial charge in [-0.1, -0.05) is 12.1 Å². The predicted molar refractivity (Wildman–Crippen MR) is 71.0 cm³/mol. The first-order valence-electron chi connectivity index (χ1n) is 6.26. The van der Waals surface area contributed by atoms with Gasteiger partial charge in [-0.05, 0) is 13.1 Å². The Hall–Kier alpha value is -1.52. The summed E-state index contributed by atoms with van der Waals surface area (Å²) < 4.78 is 11.0. The van der Waals surface area contributed by atoms with Crippen molar-refractivity contribution in [2.45, 2.75) is 6.04 Å². The number of nitrogens with one attached hydrogen (secondary N) is 1. The first-order chi connectivity index (χ1) is 8.81. The van der Waals surface area contributed by atoms with Crippen molar-refractivity contribution < 1.29 is 9.15 Å². The van der Waals surface area contributed by atoms with Gasteiger partial charge in [0.2, 0.25) is 0 Å². The molecule has 1 aromatic heterocycles. The molecule has 0 spiro atoms. The van der Waals surface area contributed by atoms with Gasteiger partial charge in [0.15, 0.2) is 11.3 Å². The number of furan rings is 1. The highest BCUT2D eigenvalue weighted by Gasteiger charge is 2.24. The van der Waals surface area contributed by atoms with Gasteiger partial charge in [-0.3, -0.25) is 4.90 Å². The van der Waals surface area contributed by atoms with Crippen molar-refractivity contribution in [3.05, 3.63) is 30.0 Å². The minimum Gasteiger partial charge on any atom is -0.493 e. The molecule has 2 heterocycles. The van der Waals surface area contributed by atoms with E-state index in [2.05, 4.69) is 23.3 Å². The Morgan fingerprint density at radius 1 is 1.44 bits per heavy atom. The summed E-state index contributed by atoms with van der Waals surface area (Å²) in [7, 11) is 3.83. The van der Waals surface area contributed by atoms with Gasteiger partial charge in [0.1, 0.15) is 0 Å². The average molecular weight is 246 g/mol. The van der Waals surface area contributed by atoms with Gasteiger partial charge in [-0.2, -0.15) is 0 Å². The third-order valence-electron chi connectivity index (χ3n) is 3.68. The highest BCUT2D eigenvalue weighted by molar-refractivity contribution is 5.86. The predicted octanol–water partition coefficient (Wildman–Crippen LogP) is 2.02. The van der Waals surface area contributed by atoms with Crippen molar-refractivity contribution in [2.24, 2.45) is 0 Å². The van der Waals surface area contributed by atoms with Gasteiger partial charge in [-0.25, -0.2) is 0 Å². The molecule has 18 heavy (non-hydrogen) atoms. The quantitative estimate of drug-likeness (QED) is 0.879. The Labute approximate surface area is 107 Å². The number of likely N-dealkylation sites (N-methyl/N-ethyl adjacent to an activating group) is 1. The molecule has 0 aliphatic carbocycles. The number of para-hydroxylation sites is 1. The summed E-state index contributed by atoms with van der Waals surface area (Å²) in [5.74, 6) is 0.796. The fraction of sp³-hybridized carbons (Fsp3) is 0.429. The van der Waals surface area contributed by atoms with Crippen LogP contribution in [-0.4, -0.2) is 38.7 Å². The van der Waals surface area contributed by atoms with E-state index >= 15 is 0 Å². The second-order valence-corrected chi connectivity index (χ2v) is 4.73. The van der Waals surface area contributed by atoms with Crippen LogP contribution in [0.5, 0.6) is 5.75 Å². The van der Waals surface area contributed by atoms with Crippen molar-refractivity contribution in [1.82, 2.24) is 10.2 Å². The fourth-order valence-corrected chi connectivity index (χ4v) is 2.62. The molecule has 3 rings (SSSR count). The lowest BCUT2D eigenvalue weighted by Crippen LogP contribution is -2.43. The molecule has 0 saturated carbocycles. The molecule has 1 N–H and O–H groups in total. The van der Waals surface area contributed by atoms with Gasteiger partial charge in [0.25, 0.3) is 0 Å². The lowest BCUT2D eigenvalue weighted by atomic mass is 10.0. The number of hydrogen-bond donors (Lipinski definition) is 1. The molecule has 1 aliphatic heterocycles. The van der Waals surface area contributed by atoms with Crippen molar-refractivity contribution in [1.29, 1.82) is 0 Å². The average Bonchev–Trinajstić information content (AvgIpc) is 2.83. The summed E-state index contributed by atoms with van der Waals surface area (Å²) in [4.78, 5) is 2.36. The monoisotopic (exact) mass is 246 g/mol. The zero-order chi connectivity index (χ0) is 12.5. The molecule has 0 bridgehead atoms. The Kier molecular flexibility index (Phi) is 2.97. The normalized spacial score (nSPS) is 21.3. The molecule has 4 nitrogen and oxygen atoms in total. The molecule has 1 unspecified atom stereocenters. The second kappa shape index (κ2) is 4.63. The number of hydrogen-bond acceptors (Lipinski definition) is 4. The molecule has 0 amide bonds. The Bertz CT molecular complexity index is 550. The first-order valence-corrected chi connectivity index (χ1v) is 6.26. The maximum absolute atomic E-state index is 5.69. The van der Waals surface area contributed by atoms with Crippen molar-refractivity contribution in [3.63, 3.8) is 0 Å². The van der Waals surface area contributed by atoms with Crippen LogP contribution in [-0.2, 0) is 0 Å².